The molecule has 2 atom stereocenters. The van der Waals surface area contributed by atoms with Gasteiger partial charge in [0, 0.05) is 24.0 Å². The van der Waals surface area contributed by atoms with Crippen molar-refractivity contribution >= 4 is 11.3 Å². The first-order valence-electron chi connectivity index (χ1n) is 7.08. The molecule has 1 aliphatic rings. The van der Waals surface area contributed by atoms with E-state index >= 15 is 0 Å². The van der Waals surface area contributed by atoms with Crippen LogP contribution in [0.15, 0.2) is 17.5 Å². The second-order valence-electron chi connectivity index (χ2n) is 5.83. The summed E-state index contributed by atoms with van der Waals surface area (Å²) < 4.78 is 0. The van der Waals surface area contributed by atoms with E-state index in [1.807, 2.05) is 11.3 Å². The highest BCUT2D eigenvalue weighted by atomic mass is 32.1. The van der Waals surface area contributed by atoms with Crippen LogP contribution in [0.4, 0.5) is 0 Å². The van der Waals surface area contributed by atoms with Crippen molar-refractivity contribution in [1.82, 2.24) is 10.2 Å². The van der Waals surface area contributed by atoms with E-state index in [9.17, 15) is 0 Å². The van der Waals surface area contributed by atoms with Crippen molar-refractivity contribution in [1.29, 1.82) is 0 Å². The predicted molar refractivity (Wildman–Crippen MR) is 80.3 cm³/mol. The molecule has 2 nitrogen and oxygen atoms in total. The first-order chi connectivity index (χ1) is 8.65. The average molecular weight is 266 g/mol. The Hall–Kier alpha value is -0.380. The molecule has 1 saturated heterocycles. The predicted octanol–water partition coefficient (Wildman–Crippen LogP) is 3.00. The van der Waals surface area contributed by atoms with Crippen molar-refractivity contribution in [2.45, 2.75) is 39.2 Å². The lowest BCUT2D eigenvalue weighted by Gasteiger charge is -2.35. The number of hydrogen-bond acceptors (Lipinski definition) is 3. The van der Waals surface area contributed by atoms with Gasteiger partial charge in [-0.15, -0.1) is 11.3 Å². The molecule has 2 rings (SSSR count). The number of likely N-dealkylation sites (N-methyl/N-ethyl adjacent to an activating group) is 1. The topological polar surface area (TPSA) is 15.3 Å². The van der Waals surface area contributed by atoms with E-state index in [2.05, 4.69) is 48.6 Å². The molecule has 0 bridgehead atoms. The third-order valence-corrected chi connectivity index (χ3v) is 5.39. The third-order valence-electron chi connectivity index (χ3n) is 4.50. The molecule has 1 N–H and O–H groups in total. The van der Waals surface area contributed by atoms with Crippen LogP contribution in [0.1, 0.15) is 31.6 Å². The van der Waals surface area contributed by atoms with Crippen molar-refractivity contribution in [2.75, 3.05) is 26.7 Å². The molecule has 0 radical (unpaired) electrons. The molecule has 1 aromatic rings. The van der Waals surface area contributed by atoms with E-state index < -0.39 is 0 Å². The minimum atomic E-state index is 0.512. The SMILES string of the molecule is CCC1(CN(C)C(C)Cc2cccs2)CCNC1. The molecule has 18 heavy (non-hydrogen) atoms. The molecule has 2 unspecified atom stereocenters. The first-order valence-corrected chi connectivity index (χ1v) is 7.96. The molecule has 0 aliphatic carbocycles. The fourth-order valence-corrected chi connectivity index (χ4v) is 3.73. The maximum Gasteiger partial charge on any atom is 0.0112 e. The van der Waals surface area contributed by atoms with Crippen LogP contribution in [0.3, 0.4) is 0 Å². The average Bonchev–Trinajstić information content (AvgIpc) is 3.01. The van der Waals surface area contributed by atoms with E-state index in [4.69, 9.17) is 0 Å². The molecular weight excluding hydrogens is 240 g/mol. The van der Waals surface area contributed by atoms with Gasteiger partial charge in [0.05, 0.1) is 0 Å². The van der Waals surface area contributed by atoms with Crippen LogP contribution in [0.5, 0.6) is 0 Å². The number of rotatable bonds is 6. The zero-order valence-corrected chi connectivity index (χ0v) is 12.7. The summed E-state index contributed by atoms with van der Waals surface area (Å²) in [4.78, 5) is 4.06. The van der Waals surface area contributed by atoms with Gasteiger partial charge in [-0.2, -0.15) is 0 Å². The highest BCUT2D eigenvalue weighted by Gasteiger charge is 2.33. The van der Waals surface area contributed by atoms with Gasteiger partial charge in [-0.05, 0) is 56.6 Å². The molecular formula is C15H26N2S. The summed E-state index contributed by atoms with van der Waals surface area (Å²) in [6.07, 6.45) is 3.80. The van der Waals surface area contributed by atoms with Crippen LogP contribution >= 0.6 is 11.3 Å². The molecule has 0 aromatic carbocycles. The maximum atomic E-state index is 3.53. The summed E-state index contributed by atoms with van der Waals surface area (Å²) in [6.45, 7) is 8.31. The third kappa shape index (κ3) is 3.34. The largest absolute Gasteiger partial charge is 0.316 e. The molecule has 1 aromatic heterocycles. The van der Waals surface area contributed by atoms with Gasteiger partial charge in [0.15, 0.2) is 0 Å². The fraction of sp³-hybridized carbons (Fsp3) is 0.733. The monoisotopic (exact) mass is 266 g/mol. The Kier molecular flexibility index (Phi) is 4.82. The lowest BCUT2D eigenvalue weighted by molar-refractivity contribution is 0.150. The second kappa shape index (κ2) is 6.18. The summed E-state index contributed by atoms with van der Waals surface area (Å²) in [5, 5.41) is 5.71. The summed E-state index contributed by atoms with van der Waals surface area (Å²) in [7, 11) is 2.29. The van der Waals surface area contributed by atoms with Gasteiger partial charge in [0.1, 0.15) is 0 Å². The highest BCUT2D eigenvalue weighted by Crippen LogP contribution is 2.30. The fourth-order valence-electron chi connectivity index (χ4n) is 2.90. The second-order valence-corrected chi connectivity index (χ2v) is 6.86. The molecule has 102 valence electrons. The number of hydrogen-bond donors (Lipinski definition) is 1. The lowest BCUT2D eigenvalue weighted by Crippen LogP contribution is -2.41. The summed E-state index contributed by atoms with van der Waals surface area (Å²) in [6, 6.07) is 5.04. The van der Waals surface area contributed by atoms with Crippen LogP contribution < -0.4 is 5.32 Å². The Morgan fingerprint density at radius 1 is 1.56 bits per heavy atom. The van der Waals surface area contributed by atoms with Crippen molar-refractivity contribution < 1.29 is 0 Å². The van der Waals surface area contributed by atoms with Crippen molar-refractivity contribution in [3.63, 3.8) is 0 Å². The van der Waals surface area contributed by atoms with E-state index in [1.54, 1.807) is 0 Å². The Labute approximate surface area is 115 Å². The van der Waals surface area contributed by atoms with Crippen molar-refractivity contribution in [3.8, 4) is 0 Å². The first kappa shape index (κ1) is 14.0. The van der Waals surface area contributed by atoms with E-state index in [0.29, 0.717) is 11.5 Å². The number of nitrogens with one attached hydrogen (secondary N) is 1. The minimum Gasteiger partial charge on any atom is -0.316 e. The van der Waals surface area contributed by atoms with Crippen molar-refractivity contribution in [2.24, 2.45) is 5.41 Å². The Morgan fingerprint density at radius 2 is 2.39 bits per heavy atom. The summed E-state index contributed by atoms with van der Waals surface area (Å²) in [5.74, 6) is 0. The Morgan fingerprint density at radius 3 is 2.94 bits per heavy atom. The van der Waals surface area contributed by atoms with E-state index in [1.165, 1.54) is 43.8 Å². The highest BCUT2D eigenvalue weighted by molar-refractivity contribution is 7.09. The minimum absolute atomic E-state index is 0.512. The van der Waals surface area contributed by atoms with Gasteiger partial charge in [0.25, 0.3) is 0 Å². The van der Waals surface area contributed by atoms with Gasteiger partial charge in [-0.1, -0.05) is 13.0 Å². The van der Waals surface area contributed by atoms with Crippen LogP contribution in [0, 0.1) is 5.41 Å². The quantitative estimate of drug-likeness (QED) is 0.851. The van der Waals surface area contributed by atoms with Crippen molar-refractivity contribution in [3.05, 3.63) is 22.4 Å². The van der Waals surface area contributed by atoms with Gasteiger partial charge < -0.3 is 10.2 Å². The van der Waals surface area contributed by atoms with Gasteiger partial charge in [-0.25, -0.2) is 0 Å². The van der Waals surface area contributed by atoms with Gasteiger partial charge in [0.2, 0.25) is 0 Å². The van der Waals surface area contributed by atoms with Gasteiger partial charge in [-0.3, -0.25) is 0 Å². The standard InChI is InChI=1S/C15H26N2S/c1-4-15(7-8-16-11-15)12-17(3)13(2)10-14-6-5-9-18-14/h5-6,9,13,16H,4,7-8,10-12H2,1-3H3. The Bertz CT molecular complexity index is 341. The summed E-state index contributed by atoms with van der Waals surface area (Å²) >= 11 is 1.88. The van der Waals surface area contributed by atoms with E-state index in [0.717, 1.165) is 0 Å². The molecule has 0 amide bonds. The molecule has 0 saturated carbocycles. The lowest BCUT2D eigenvalue weighted by atomic mass is 9.83. The summed E-state index contributed by atoms with van der Waals surface area (Å²) in [5.41, 5.74) is 0.512. The molecule has 2 heterocycles. The van der Waals surface area contributed by atoms with E-state index in [-0.39, 0.29) is 0 Å². The number of thiophene rings is 1. The number of nitrogens with zero attached hydrogens (tertiary/aromatic N) is 1. The maximum absolute atomic E-state index is 3.53. The molecule has 1 aliphatic heterocycles. The zero-order chi connectivity index (χ0) is 13.0. The Balaban J connectivity index is 1.88. The normalized spacial score (nSPS) is 25.8. The van der Waals surface area contributed by atoms with Crippen LogP contribution in [-0.4, -0.2) is 37.6 Å². The smallest absolute Gasteiger partial charge is 0.0112 e. The van der Waals surface area contributed by atoms with Crippen LogP contribution in [-0.2, 0) is 6.42 Å². The molecule has 3 heteroatoms. The zero-order valence-electron chi connectivity index (χ0n) is 11.9. The van der Waals surface area contributed by atoms with Crippen LogP contribution in [0.25, 0.3) is 0 Å². The van der Waals surface area contributed by atoms with Crippen LogP contribution in [0.2, 0.25) is 0 Å². The molecule has 1 fully saturated rings. The molecule has 0 spiro atoms. The van der Waals surface area contributed by atoms with Gasteiger partial charge >= 0.3 is 0 Å².